The molecule has 1 saturated carbocycles. The van der Waals surface area contributed by atoms with Gasteiger partial charge in [-0.15, -0.1) is 0 Å². The van der Waals surface area contributed by atoms with Crippen LogP contribution >= 0.6 is 0 Å². The molecule has 0 spiro atoms. The fourth-order valence-corrected chi connectivity index (χ4v) is 2.43. The third-order valence-corrected chi connectivity index (χ3v) is 3.45. The quantitative estimate of drug-likeness (QED) is 0.608. The second-order valence-corrected chi connectivity index (χ2v) is 4.63. The molecule has 1 aliphatic carbocycles. The van der Waals surface area contributed by atoms with Gasteiger partial charge in [0.15, 0.2) is 5.82 Å². The normalized spacial score (nSPS) is 26.4. The van der Waals surface area contributed by atoms with Crippen LogP contribution in [-0.2, 0) is 7.05 Å². The molecule has 0 amide bonds. The first-order valence-corrected chi connectivity index (χ1v) is 5.97. The first kappa shape index (κ1) is 11.3. The van der Waals surface area contributed by atoms with Crippen LogP contribution in [0.5, 0.6) is 0 Å². The van der Waals surface area contributed by atoms with Gasteiger partial charge in [0.05, 0.1) is 0 Å². The summed E-state index contributed by atoms with van der Waals surface area (Å²) in [5.74, 6) is 0.618. The lowest BCUT2D eigenvalue weighted by molar-refractivity contribution is 0.0880. The molecule has 0 bridgehead atoms. The van der Waals surface area contributed by atoms with Crippen LogP contribution in [0.15, 0.2) is 12.4 Å². The molecule has 0 aliphatic heterocycles. The Bertz CT molecular complexity index is 372. The monoisotopic (exact) mass is 221 g/mol. The van der Waals surface area contributed by atoms with Crippen LogP contribution in [0.4, 0.5) is 0 Å². The molecule has 2 atom stereocenters. The van der Waals surface area contributed by atoms with E-state index >= 15 is 0 Å². The second kappa shape index (κ2) is 4.78. The first-order valence-electron chi connectivity index (χ1n) is 5.97. The molecule has 1 aromatic rings. The van der Waals surface area contributed by atoms with Crippen molar-refractivity contribution < 1.29 is 4.79 Å². The first-order chi connectivity index (χ1) is 7.70. The number of hydrogen-bond acceptors (Lipinski definition) is 3. The Labute approximate surface area is 95.9 Å². The van der Waals surface area contributed by atoms with Gasteiger partial charge in [0.2, 0.25) is 5.78 Å². The Hall–Kier alpha value is -1.16. The SMILES string of the molecule is Cn1ccnc1C(=O)C1CCCCCC1N. The average Bonchev–Trinajstić information content (AvgIpc) is 2.56. The van der Waals surface area contributed by atoms with Crippen LogP contribution in [0, 0.1) is 5.92 Å². The summed E-state index contributed by atoms with van der Waals surface area (Å²) in [5, 5.41) is 0. The molecule has 0 aromatic carbocycles. The summed E-state index contributed by atoms with van der Waals surface area (Å²) in [6.45, 7) is 0. The minimum Gasteiger partial charge on any atom is -0.332 e. The lowest BCUT2D eigenvalue weighted by atomic mass is 9.91. The second-order valence-electron chi connectivity index (χ2n) is 4.63. The molecule has 0 saturated heterocycles. The van der Waals surface area contributed by atoms with E-state index in [-0.39, 0.29) is 17.7 Å². The van der Waals surface area contributed by atoms with E-state index in [0.29, 0.717) is 5.82 Å². The van der Waals surface area contributed by atoms with E-state index < -0.39 is 0 Å². The summed E-state index contributed by atoms with van der Waals surface area (Å²) >= 11 is 0. The van der Waals surface area contributed by atoms with E-state index in [1.54, 1.807) is 17.0 Å². The summed E-state index contributed by atoms with van der Waals surface area (Å²) in [6.07, 6.45) is 8.77. The molecule has 1 aromatic heterocycles. The summed E-state index contributed by atoms with van der Waals surface area (Å²) in [7, 11) is 1.85. The predicted octanol–water partition coefficient (Wildman–Crippen LogP) is 1.51. The molecule has 4 nitrogen and oxygen atoms in total. The van der Waals surface area contributed by atoms with Gasteiger partial charge in [-0.2, -0.15) is 0 Å². The maximum Gasteiger partial charge on any atom is 0.202 e. The largest absolute Gasteiger partial charge is 0.332 e. The zero-order valence-corrected chi connectivity index (χ0v) is 9.72. The number of Topliss-reactive ketones (excluding diaryl/α,β-unsaturated/α-hetero) is 1. The number of hydrogen-bond donors (Lipinski definition) is 1. The Kier molecular flexibility index (Phi) is 3.39. The van der Waals surface area contributed by atoms with Gasteiger partial charge in [-0.3, -0.25) is 4.79 Å². The smallest absolute Gasteiger partial charge is 0.202 e. The minimum atomic E-state index is -0.0383. The van der Waals surface area contributed by atoms with E-state index in [1.165, 1.54) is 6.42 Å². The number of aromatic nitrogens is 2. The van der Waals surface area contributed by atoms with Crippen LogP contribution in [-0.4, -0.2) is 21.4 Å². The molecule has 2 N–H and O–H groups in total. The van der Waals surface area contributed by atoms with Gasteiger partial charge in [-0.05, 0) is 12.8 Å². The number of carbonyl (C=O) groups excluding carboxylic acids is 1. The Morgan fingerprint density at radius 2 is 2.19 bits per heavy atom. The van der Waals surface area contributed by atoms with Gasteiger partial charge in [-0.1, -0.05) is 19.3 Å². The Morgan fingerprint density at radius 1 is 1.44 bits per heavy atom. The van der Waals surface area contributed by atoms with Crippen LogP contribution in [0.1, 0.15) is 42.7 Å². The summed E-state index contributed by atoms with van der Waals surface area (Å²) in [6, 6.07) is 0.00620. The van der Waals surface area contributed by atoms with E-state index in [1.807, 2.05) is 7.05 Å². The lowest BCUT2D eigenvalue weighted by Gasteiger charge is -2.19. The van der Waals surface area contributed by atoms with Crippen molar-refractivity contribution in [2.45, 2.75) is 38.1 Å². The van der Waals surface area contributed by atoms with Crippen LogP contribution < -0.4 is 5.73 Å². The number of carbonyl (C=O) groups is 1. The van der Waals surface area contributed by atoms with Gasteiger partial charge < -0.3 is 10.3 Å². The summed E-state index contributed by atoms with van der Waals surface area (Å²) < 4.78 is 1.78. The van der Waals surface area contributed by atoms with E-state index in [0.717, 1.165) is 25.7 Å². The predicted molar refractivity (Wildman–Crippen MR) is 62.1 cm³/mol. The third kappa shape index (κ3) is 2.16. The van der Waals surface area contributed by atoms with Gasteiger partial charge in [-0.25, -0.2) is 4.98 Å². The van der Waals surface area contributed by atoms with E-state index in [9.17, 15) is 4.79 Å². The van der Waals surface area contributed by atoms with E-state index in [4.69, 9.17) is 5.73 Å². The molecule has 88 valence electrons. The zero-order chi connectivity index (χ0) is 11.5. The molecular formula is C12H19N3O. The summed E-state index contributed by atoms with van der Waals surface area (Å²) in [4.78, 5) is 16.4. The fourth-order valence-electron chi connectivity index (χ4n) is 2.43. The molecule has 1 heterocycles. The maximum absolute atomic E-state index is 12.3. The molecule has 0 radical (unpaired) electrons. The molecule has 16 heavy (non-hydrogen) atoms. The van der Waals surface area contributed by atoms with Crippen molar-refractivity contribution in [1.82, 2.24) is 9.55 Å². The van der Waals surface area contributed by atoms with Crippen molar-refractivity contribution >= 4 is 5.78 Å². The molecule has 1 aliphatic rings. The molecule has 1 fully saturated rings. The number of nitrogens with two attached hydrogens (primary N) is 1. The lowest BCUT2D eigenvalue weighted by Crippen LogP contribution is -2.35. The maximum atomic E-state index is 12.3. The van der Waals surface area contributed by atoms with Crippen molar-refractivity contribution in [2.75, 3.05) is 0 Å². The standard InChI is InChI=1S/C12H19N3O/c1-15-8-7-14-12(15)11(16)9-5-3-2-4-6-10(9)13/h7-10H,2-6,13H2,1H3. The highest BCUT2D eigenvalue weighted by Crippen LogP contribution is 2.24. The number of aryl methyl sites for hydroxylation is 1. The highest BCUT2D eigenvalue weighted by molar-refractivity contribution is 5.95. The minimum absolute atomic E-state index is 0.00620. The van der Waals surface area contributed by atoms with Gasteiger partial charge in [0.1, 0.15) is 0 Å². The van der Waals surface area contributed by atoms with Crippen molar-refractivity contribution in [2.24, 2.45) is 18.7 Å². The van der Waals surface area contributed by atoms with Crippen molar-refractivity contribution in [1.29, 1.82) is 0 Å². The van der Waals surface area contributed by atoms with Crippen molar-refractivity contribution in [3.63, 3.8) is 0 Å². The molecule has 4 heteroatoms. The van der Waals surface area contributed by atoms with Crippen molar-refractivity contribution in [3.8, 4) is 0 Å². The fraction of sp³-hybridized carbons (Fsp3) is 0.667. The number of nitrogens with zero attached hydrogens (tertiary/aromatic N) is 2. The summed E-state index contributed by atoms with van der Waals surface area (Å²) in [5.41, 5.74) is 6.08. The van der Waals surface area contributed by atoms with Gasteiger partial charge >= 0.3 is 0 Å². The number of imidazole rings is 1. The van der Waals surface area contributed by atoms with E-state index in [2.05, 4.69) is 4.98 Å². The van der Waals surface area contributed by atoms with Gasteiger partial charge in [0.25, 0.3) is 0 Å². The number of ketones is 1. The molecule has 2 rings (SSSR count). The topological polar surface area (TPSA) is 60.9 Å². The Morgan fingerprint density at radius 3 is 2.88 bits per heavy atom. The van der Waals surface area contributed by atoms with Crippen LogP contribution in [0.2, 0.25) is 0 Å². The van der Waals surface area contributed by atoms with Gasteiger partial charge in [0, 0.05) is 31.4 Å². The molecule has 2 unspecified atom stereocenters. The molecular weight excluding hydrogens is 202 g/mol. The van der Waals surface area contributed by atoms with Crippen LogP contribution in [0.25, 0.3) is 0 Å². The highest BCUT2D eigenvalue weighted by Gasteiger charge is 2.29. The number of rotatable bonds is 2. The zero-order valence-electron chi connectivity index (χ0n) is 9.72. The van der Waals surface area contributed by atoms with Crippen molar-refractivity contribution in [3.05, 3.63) is 18.2 Å². The highest BCUT2D eigenvalue weighted by atomic mass is 16.1. The average molecular weight is 221 g/mol. The third-order valence-electron chi connectivity index (χ3n) is 3.45. The van der Waals surface area contributed by atoms with Crippen LogP contribution in [0.3, 0.4) is 0 Å². The Balaban J connectivity index is 2.17.